The predicted octanol–water partition coefficient (Wildman–Crippen LogP) is 3.18. The second-order valence-electron chi connectivity index (χ2n) is 4.11. The number of hydrogen-bond acceptors (Lipinski definition) is 3. The van der Waals surface area contributed by atoms with Gasteiger partial charge in [-0.3, -0.25) is 0 Å². The largest absolute Gasteiger partial charge is 0.508 e. The molecule has 0 aromatic heterocycles. The maximum absolute atomic E-state index is 9.38. The summed E-state index contributed by atoms with van der Waals surface area (Å²) in [7, 11) is 0. The maximum Gasteiger partial charge on any atom is 0.115 e. The maximum atomic E-state index is 9.38. The van der Waals surface area contributed by atoms with Crippen molar-refractivity contribution in [3.8, 4) is 5.75 Å². The van der Waals surface area contributed by atoms with Crippen molar-refractivity contribution in [2.24, 2.45) is 0 Å². The second-order valence-corrected chi connectivity index (χ2v) is 5.38. The first-order chi connectivity index (χ1) is 7.63. The first kappa shape index (κ1) is 13.4. The Kier molecular flexibility index (Phi) is 5.71. The summed E-state index contributed by atoms with van der Waals surface area (Å²) in [4.78, 5) is 0. The van der Waals surface area contributed by atoms with Crippen LogP contribution in [0.2, 0.25) is 0 Å². The molecule has 0 saturated carbocycles. The Balaban J connectivity index is 2.38. The molecule has 0 amide bonds. The van der Waals surface area contributed by atoms with Gasteiger partial charge in [0.25, 0.3) is 0 Å². The van der Waals surface area contributed by atoms with E-state index in [2.05, 4.69) is 25.4 Å². The number of hydrogen-bond donors (Lipinski definition) is 2. The fraction of sp³-hybridized carbons (Fsp3) is 0.538. The fourth-order valence-corrected chi connectivity index (χ4v) is 1.89. The molecular formula is C13H21NOS. The number of phenolic OH excluding ortho intramolecular Hbond substituents is 1. The topological polar surface area (TPSA) is 32.3 Å². The van der Waals surface area contributed by atoms with E-state index in [4.69, 9.17) is 0 Å². The molecule has 2 atom stereocenters. The Labute approximate surface area is 102 Å². The van der Waals surface area contributed by atoms with Gasteiger partial charge in [0.15, 0.2) is 0 Å². The zero-order valence-electron chi connectivity index (χ0n) is 10.2. The lowest BCUT2D eigenvalue weighted by atomic mass is 10.1. The molecule has 0 saturated heterocycles. The molecule has 2 unspecified atom stereocenters. The molecule has 1 rings (SSSR count). The lowest BCUT2D eigenvalue weighted by molar-refractivity contribution is 0.472. The molecule has 1 aromatic carbocycles. The zero-order chi connectivity index (χ0) is 12.0. The molecule has 0 radical (unpaired) electrons. The molecule has 0 fully saturated rings. The first-order valence-electron chi connectivity index (χ1n) is 5.68. The van der Waals surface area contributed by atoms with Crippen molar-refractivity contribution in [1.82, 2.24) is 5.32 Å². The van der Waals surface area contributed by atoms with E-state index >= 15 is 0 Å². The van der Waals surface area contributed by atoms with Crippen molar-refractivity contribution in [3.05, 3.63) is 29.8 Å². The van der Waals surface area contributed by atoms with Crippen molar-refractivity contribution in [2.75, 3.05) is 12.8 Å². The van der Waals surface area contributed by atoms with Crippen LogP contribution in [0.4, 0.5) is 0 Å². The van der Waals surface area contributed by atoms with Crippen LogP contribution in [0.3, 0.4) is 0 Å². The molecule has 2 N–H and O–H groups in total. The molecule has 0 aliphatic heterocycles. The van der Waals surface area contributed by atoms with Crippen molar-refractivity contribution in [3.63, 3.8) is 0 Å². The SMILES string of the molecule is CSC(C)CCNC(C)c1cccc(O)c1. The Hall–Kier alpha value is -0.670. The molecule has 0 aliphatic rings. The van der Waals surface area contributed by atoms with Crippen LogP contribution in [0.25, 0.3) is 0 Å². The number of rotatable bonds is 6. The molecule has 0 heterocycles. The van der Waals surface area contributed by atoms with E-state index < -0.39 is 0 Å². The fourth-order valence-electron chi connectivity index (χ4n) is 1.53. The van der Waals surface area contributed by atoms with Gasteiger partial charge in [0.2, 0.25) is 0 Å². The molecule has 2 nitrogen and oxygen atoms in total. The van der Waals surface area contributed by atoms with E-state index in [9.17, 15) is 5.11 Å². The smallest absolute Gasteiger partial charge is 0.115 e. The number of thioether (sulfide) groups is 1. The van der Waals surface area contributed by atoms with Crippen LogP contribution < -0.4 is 5.32 Å². The van der Waals surface area contributed by atoms with Gasteiger partial charge in [-0.1, -0.05) is 19.1 Å². The monoisotopic (exact) mass is 239 g/mol. The highest BCUT2D eigenvalue weighted by molar-refractivity contribution is 7.99. The van der Waals surface area contributed by atoms with Crippen LogP contribution in [-0.4, -0.2) is 23.2 Å². The summed E-state index contributed by atoms with van der Waals surface area (Å²) in [6.07, 6.45) is 3.31. The van der Waals surface area contributed by atoms with Gasteiger partial charge in [-0.05, 0) is 43.8 Å². The van der Waals surface area contributed by atoms with Gasteiger partial charge in [0.05, 0.1) is 0 Å². The molecule has 90 valence electrons. The Morgan fingerprint density at radius 1 is 1.38 bits per heavy atom. The molecule has 0 bridgehead atoms. The third-order valence-electron chi connectivity index (χ3n) is 2.77. The van der Waals surface area contributed by atoms with Crippen LogP contribution in [0, 0.1) is 0 Å². The molecule has 16 heavy (non-hydrogen) atoms. The van der Waals surface area contributed by atoms with Gasteiger partial charge in [-0.15, -0.1) is 0 Å². The molecule has 0 spiro atoms. The zero-order valence-corrected chi connectivity index (χ0v) is 11.1. The van der Waals surface area contributed by atoms with Crippen molar-refractivity contribution >= 4 is 11.8 Å². The number of benzene rings is 1. The Morgan fingerprint density at radius 3 is 2.75 bits per heavy atom. The Morgan fingerprint density at radius 2 is 2.12 bits per heavy atom. The summed E-state index contributed by atoms with van der Waals surface area (Å²) >= 11 is 1.89. The van der Waals surface area contributed by atoms with Gasteiger partial charge in [0.1, 0.15) is 5.75 Å². The van der Waals surface area contributed by atoms with Crippen LogP contribution in [0.15, 0.2) is 24.3 Å². The first-order valence-corrected chi connectivity index (χ1v) is 6.97. The van der Waals surface area contributed by atoms with E-state index in [-0.39, 0.29) is 0 Å². The van der Waals surface area contributed by atoms with Crippen LogP contribution >= 0.6 is 11.8 Å². The lowest BCUT2D eigenvalue weighted by Gasteiger charge is -2.16. The summed E-state index contributed by atoms with van der Waals surface area (Å²) < 4.78 is 0. The average molecular weight is 239 g/mol. The summed E-state index contributed by atoms with van der Waals surface area (Å²) in [5.41, 5.74) is 1.14. The summed E-state index contributed by atoms with van der Waals surface area (Å²) in [5.74, 6) is 0.337. The molecular weight excluding hydrogens is 218 g/mol. The van der Waals surface area contributed by atoms with E-state index in [0.29, 0.717) is 17.0 Å². The molecule has 0 aliphatic carbocycles. The highest BCUT2D eigenvalue weighted by Gasteiger charge is 2.06. The molecule has 3 heteroatoms. The minimum absolute atomic E-state index is 0.293. The van der Waals surface area contributed by atoms with Gasteiger partial charge < -0.3 is 10.4 Å². The summed E-state index contributed by atoms with van der Waals surface area (Å²) in [6.45, 7) is 5.38. The van der Waals surface area contributed by atoms with E-state index in [1.165, 1.54) is 6.42 Å². The van der Waals surface area contributed by atoms with Crippen LogP contribution in [-0.2, 0) is 0 Å². The third kappa shape index (κ3) is 4.45. The minimum atomic E-state index is 0.293. The van der Waals surface area contributed by atoms with Crippen molar-refractivity contribution in [1.29, 1.82) is 0 Å². The van der Waals surface area contributed by atoms with Crippen molar-refractivity contribution in [2.45, 2.75) is 31.6 Å². The molecule has 1 aromatic rings. The highest BCUT2D eigenvalue weighted by Crippen LogP contribution is 2.18. The predicted molar refractivity (Wildman–Crippen MR) is 72.1 cm³/mol. The minimum Gasteiger partial charge on any atom is -0.508 e. The quantitative estimate of drug-likeness (QED) is 0.799. The third-order valence-corrected chi connectivity index (χ3v) is 3.81. The highest BCUT2D eigenvalue weighted by atomic mass is 32.2. The standard InChI is InChI=1S/C13H21NOS/c1-10(16-3)7-8-14-11(2)12-5-4-6-13(15)9-12/h4-6,9-11,14-15H,7-8H2,1-3H3. The number of phenols is 1. The summed E-state index contributed by atoms with van der Waals surface area (Å²) in [5, 5.41) is 13.5. The van der Waals surface area contributed by atoms with Gasteiger partial charge in [-0.2, -0.15) is 11.8 Å². The number of nitrogens with one attached hydrogen (secondary N) is 1. The average Bonchev–Trinajstić information content (AvgIpc) is 2.28. The van der Waals surface area contributed by atoms with Crippen LogP contribution in [0.1, 0.15) is 31.9 Å². The van der Waals surface area contributed by atoms with Gasteiger partial charge in [-0.25, -0.2) is 0 Å². The second kappa shape index (κ2) is 6.81. The normalized spacial score (nSPS) is 14.7. The van der Waals surface area contributed by atoms with E-state index in [1.807, 2.05) is 30.0 Å². The lowest BCUT2D eigenvalue weighted by Crippen LogP contribution is -2.21. The van der Waals surface area contributed by atoms with E-state index in [1.54, 1.807) is 6.07 Å². The number of aromatic hydroxyl groups is 1. The van der Waals surface area contributed by atoms with Crippen molar-refractivity contribution < 1.29 is 5.11 Å². The van der Waals surface area contributed by atoms with E-state index in [0.717, 1.165) is 12.1 Å². The van der Waals surface area contributed by atoms with Gasteiger partial charge in [0, 0.05) is 11.3 Å². The van der Waals surface area contributed by atoms with Crippen LogP contribution in [0.5, 0.6) is 5.75 Å². The summed E-state index contributed by atoms with van der Waals surface area (Å²) in [6, 6.07) is 7.73. The Bertz CT molecular complexity index is 317. The van der Waals surface area contributed by atoms with Gasteiger partial charge >= 0.3 is 0 Å².